The van der Waals surface area contributed by atoms with E-state index in [0.717, 1.165) is 0 Å². The highest BCUT2D eigenvalue weighted by molar-refractivity contribution is 6.32. The summed E-state index contributed by atoms with van der Waals surface area (Å²) in [7, 11) is 1.52. The minimum absolute atomic E-state index is 0.0692. The lowest BCUT2D eigenvalue weighted by atomic mass is 9.91. The summed E-state index contributed by atoms with van der Waals surface area (Å²) in [6.45, 7) is 0. The lowest BCUT2D eigenvalue weighted by molar-refractivity contribution is -0.386. The third-order valence-corrected chi connectivity index (χ3v) is 3.59. The number of ether oxygens (including phenoxy) is 2. The molecule has 3 unspecified atom stereocenters. The molecule has 0 heterocycles. The monoisotopic (exact) mass is 291 g/mol. The standard InChI is InChI=1S/C11H11Cl2NO4/c1-17-11-7(13)5-9(11)18-10-6(12)3-2-4-8(10)14(15)16/h2-4,7,9,11H,5H2,1H3. The number of rotatable bonds is 4. The van der Waals surface area contributed by atoms with Gasteiger partial charge in [-0.25, -0.2) is 0 Å². The van der Waals surface area contributed by atoms with E-state index >= 15 is 0 Å². The highest BCUT2D eigenvalue weighted by Crippen LogP contribution is 2.39. The van der Waals surface area contributed by atoms with Gasteiger partial charge in [0.25, 0.3) is 0 Å². The fourth-order valence-corrected chi connectivity index (χ4v) is 2.51. The molecule has 98 valence electrons. The van der Waals surface area contributed by atoms with Crippen LogP contribution in [0.15, 0.2) is 18.2 Å². The zero-order chi connectivity index (χ0) is 13.3. The van der Waals surface area contributed by atoms with Gasteiger partial charge in [-0.15, -0.1) is 11.6 Å². The van der Waals surface area contributed by atoms with Crippen LogP contribution in [0.5, 0.6) is 5.75 Å². The molecule has 18 heavy (non-hydrogen) atoms. The van der Waals surface area contributed by atoms with Gasteiger partial charge in [-0.2, -0.15) is 0 Å². The maximum Gasteiger partial charge on any atom is 0.312 e. The fourth-order valence-electron chi connectivity index (χ4n) is 1.85. The van der Waals surface area contributed by atoms with Crippen molar-refractivity contribution in [1.82, 2.24) is 0 Å². The van der Waals surface area contributed by atoms with Crippen molar-refractivity contribution in [3.63, 3.8) is 0 Å². The molecule has 0 bridgehead atoms. The Kier molecular flexibility index (Phi) is 3.94. The number of hydrogen-bond acceptors (Lipinski definition) is 4. The molecule has 0 amide bonds. The van der Waals surface area contributed by atoms with Crippen molar-refractivity contribution in [2.24, 2.45) is 0 Å². The Morgan fingerprint density at radius 2 is 2.22 bits per heavy atom. The molecule has 3 atom stereocenters. The van der Waals surface area contributed by atoms with Crippen molar-refractivity contribution in [3.8, 4) is 5.75 Å². The normalized spacial score (nSPS) is 26.5. The SMILES string of the molecule is COC1C(Cl)CC1Oc1c(Cl)cccc1[N+](=O)[O-]. The molecular formula is C11H11Cl2NO4. The van der Waals surface area contributed by atoms with Crippen LogP contribution in [0.3, 0.4) is 0 Å². The van der Waals surface area contributed by atoms with Crippen LogP contribution in [0.4, 0.5) is 5.69 Å². The van der Waals surface area contributed by atoms with Crippen LogP contribution in [-0.4, -0.2) is 29.6 Å². The molecule has 2 rings (SSSR count). The molecular weight excluding hydrogens is 281 g/mol. The van der Waals surface area contributed by atoms with E-state index in [1.54, 1.807) is 6.07 Å². The summed E-state index contributed by atoms with van der Waals surface area (Å²) >= 11 is 11.9. The summed E-state index contributed by atoms with van der Waals surface area (Å²) in [5, 5.41) is 11.0. The van der Waals surface area contributed by atoms with Crippen molar-refractivity contribution in [3.05, 3.63) is 33.3 Å². The molecule has 0 N–H and O–H groups in total. The van der Waals surface area contributed by atoms with Crippen LogP contribution in [0.2, 0.25) is 5.02 Å². The van der Waals surface area contributed by atoms with E-state index in [1.807, 2.05) is 0 Å². The van der Waals surface area contributed by atoms with Gasteiger partial charge in [-0.3, -0.25) is 10.1 Å². The number of nitro groups is 1. The maximum atomic E-state index is 10.9. The van der Waals surface area contributed by atoms with E-state index in [2.05, 4.69) is 0 Å². The number of benzene rings is 1. The van der Waals surface area contributed by atoms with Crippen molar-refractivity contribution in [1.29, 1.82) is 0 Å². The maximum absolute atomic E-state index is 10.9. The van der Waals surface area contributed by atoms with Crippen molar-refractivity contribution in [2.75, 3.05) is 7.11 Å². The second-order valence-corrected chi connectivity index (χ2v) is 4.92. The first-order valence-corrected chi connectivity index (χ1v) is 6.12. The van der Waals surface area contributed by atoms with E-state index in [-0.39, 0.29) is 34.0 Å². The minimum Gasteiger partial charge on any atom is -0.480 e. The summed E-state index contributed by atoms with van der Waals surface area (Å²) in [6, 6.07) is 4.40. The molecule has 1 aromatic carbocycles. The molecule has 0 radical (unpaired) electrons. The highest BCUT2D eigenvalue weighted by atomic mass is 35.5. The van der Waals surface area contributed by atoms with Crippen LogP contribution in [0.25, 0.3) is 0 Å². The van der Waals surface area contributed by atoms with E-state index in [4.69, 9.17) is 32.7 Å². The summed E-state index contributed by atoms with van der Waals surface area (Å²) < 4.78 is 10.7. The Labute approximate surface area is 114 Å². The topological polar surface area (TPSA) is 61.6 Å². The van der Waals surface area contributed by atoms with Gasteiger partial charge >= 0.3 is 5.69 Å². The van der Waals surface area contributed by atoms with E-state index in [0.29, 0.717) is 6.42 Å². The fraction of sp³-hybridized carbons (Fsp3) is 0.455. The summed E-state index contributed by atoms with van der Waals surface area (Å²) in [5.41, 5.74) is -0.157. The molecule has 0 aromatic heterocycles. The lowest BCUT2D eigenvalue weighted by Gasteiger charge is -2.39. The Hall–Kier alpha value is -1.04. The number of nitrogens with zero attached hydrogens (tertiary/aromatic N) is 1. The third-order valence-electron chi connectivity index (χ3n) is 2.86. The number of alkyl halides is 1. The first kappa shape index (κ1) is 13.4. The molecule has 0 spiro atoms. The molecule has 7 heteroatoms. The van der Waals surface area contributed by atoms with E-state index < -0.39 is 4.92 Å². The molecule has 1 aliphatic carbocycles. The summed E-state index contributed by atoms with van der Waals surface area (Å²) in [5.74, 6) is 0.0692. The average molecular weight is 292 g/mol. The van der Waals surface area contributed by atoms with Crippen LogP contribution in [0.1, 0.15) is 6.42 Å². The second kappa shape index (κ2) is 5.30. The zero-order valence-corrected chi connectivity index (χ0v) is 11.0. The molecule has 1 fully saturated rings. The predicted molar refractivity (Wildman–Crippen MR) is 67.6 cm³/mol. The molecule has 1 aromatic rings. The van der Waals surface area contributed by atoms with Gasteiger partial charge < -0.3 is 9.47 Å². The smallest absolute Gasteiger partial charge is 0.312 e. The molecule has 0 saturated heterocycles. The van der Waals surface area contributed by atoms with Crippen LogP contribution >= 0.6 is 23.2 Å². The second-order valence-electron chi connectivity index (χ2n) is 3.95. The number of hydrogen-bond donors (Lipinski definition) is 0. The minimum atomic E-state index is -0.528. The van der Waals surface area contributed by atoms with Crippen molar-refractivity contribution >= 4 is 28.9 Å². The molecule has 5 nitrogen and oxygen atoms in total. The quantitative estimate of drug-likeness (QED) is 0.486. The Morgan fingerprint density at radius 3 is 2.78 bits per heavy atom. The summed E-state index contributed by atoms with van der Waals surface area (Å²) in [6.07, 6.45) is -0.0127. The van der Waals surface area contributed by atoms with Crippen LogP contribution < -0.4 is 4.74 Å². The third kappa shape index (κ3) is 2.39. The van der Waals surface area contributed by atoms with Crippen molar-refractivity contribution < 1.29 is 14.4 Å². The Balaban J connectivity index is 2.21. The van der Waals surface area contributed by atoms with Gasteiger partial charge in [0.1, 0.15) is 12.2 Å². The van der Waals surface area contributed by atoms with Crippen LogP contribution in [-0.2, 0) is 4.74 Å². The van der Waals surface area contributed by atoms with Gasteiger partial charge in [-0.05, 0) is 6.07 Å². The van der Waals surface area contributed by atoms with E-state index in [1.165, 1.54) is 19.2 Å². The predicted octanol–water partition coefficient (Wildman–Crippen LogP) is 3.02. The summed E-state index contributed by atoms with van der Waals surface area (Å²) in [4.78, 5) is 10.4. The Morgan fingerprint density at radius 1 is 1.50 bits per heavy atom. The van der Waals surface area contributed by atoms with Gasteiger partial charge in [-0.1, -0.05) is 17.7 Å². The zero-order valence-electron chi connectivity index (χ0n) is 9.51. The van der Waals surface area contributed by atoms with Gasteiger partial charge in [0.15, 0.2) is 0 Å². The number of methoxy groups -OCH3 is 1. The first-order valence-electron chi connectivity index (χ1n) is 5.31. The lowest BCUT2D eigenvalue weighted by Crippen LogP contribution is -2.52. The van der Waals surface area contributed by atoms with Gasteiger partial charge in [0.05, 0.1) is 15.3 Å². The van der Waals surface area contributed by atoms with E-state index in [9.17, 15) is 10.1 Å². The molecule has 0 aliphatic heterocycles. The average Bonchev–Trinajstić information content (AvgIpc) is 2.30. The Bertz CT molecular complexity index is 468. The number of para-hydroxylation sites is 1. The number of halogens is 2. The highest BCUT2D eigenvalue weighted by Gasteiger charge is 2.43. The van der Waals surface area contributed by atoms with Gasteiger partial charge in [0, 0.05) is 19.6 Å². The van der Waals surface area contributed by atoms with Crippen LogP contribution in [0, 0.1) is 10.1 Å². The number of nitro benzene ring substituents is 1. The largest absolute Gasteiger partial charge is 0.480 e. The molecule has 1 saturated carbocycles. The van der Waals surface area contributed by atoms with Crippen molar-refractivity contribution in [2.45, 2.75) is 24.0 Å². The molecule has 1 aliphatic rings. The van der Waals surface area contributed by atoms with Gasteiger partial charge in [0.2, 0.25) is 5.75 Å². The first-order chi connectivity index (χ1) is 8.54.